The van der Waals surface area contributed by atoms with Gasteiger partial charge in [0.15, 0.2) is 17.5 Å². The molecule has 0 atom stereocenters. The van der Waals surface area contributed by atoms with E-state index in [1.807, 2.05) is 91.0 Å². The number of rotatable bonds is 6. The molecule has 0 fully saturated rings. The summed E-state index contributed by atoms with van der Waals surface area (Å²) < 4.78 is 4.37. The van der Waals surface area contributed by atoms with Crippen LogP contribution in [-0.4, -0.2) is 47.6 Å². The second kappa shape index (κ2) is 15.1. The maximum absolute atomic E-state index is 11.2. The van der Waals surface area contributed by atoms with Gasteiger partial charge in [-0.1, -0.05) is 174 Å². The molecule has 3 aromatic heterocycles. The van der Waals surface area contributed by atoms with Gasteiger partial charge in [0.25, 0.3) is 0 Å². The summed E-state index contributed by atoms with van der Waals surface area (Å²) in [5, 5.41) is 17.6. The molecule has 0 aliphatic carbocycles. The number of benzene rings is 9. The lowest BCUT2D eigenvalue weighted by Gasteiger charge is -2.22. The summed E-state index contributed by atoms with van der Waals surface area (Å²) in [5.41, 5.74) is 9.75. The molecule has 6 nitrogen and oxygen atoms in total. The van der Waals surface area contributed by atoms with Gasteiger partial charge in [-0.3, -0.25) is 0 Å². The van der Waals surface area contributed by atoms with E-state index in [2.05, 4.69) is 112 Å². The Hall–Kier alpha value is -8.47. The van der Waals surface area contributed by atoms with Crippen molar-refractivity contribution in [3.8, 4) is 62.7 Å². The van der Waals surface area contributed by atoms with Crippen LogP contribution in [0.2, 0.25) is 0 Å². The van der Waals surface area contributed by atoms with E-state index in [0.29, 0.717) is 17.3 Å². The van der Waals surface area contributed by atoms with Crippen molar-refractivity contribution in [1.82, 2.24) is 24.1 Å². The summed E-state index contributed by atoms with van der Waals surface area (Å²) in [4.78, 5) is 14.9. The van der Waals surface area contributed by atoms with Crippen LogP contribution in [0.15, 0.2) is 188 Å². The fourth-order valence-electron chi connectivity index (χ4n) is 9.49. The molecule has 294 valence electrons. The van der Waals surface area contributed by atoms with Crippen LogP contribution in [0, 0.1) is 11.3 Å². The van der Waals surface area contributed by atoms with E-state index in [1.165, 1.54) is 5.39 Å². The van der Waals surface area contributed by atoms with Gasteiger partial charge in [-0.05, 0) is 52.2 Å². The molecule has 9 aromatic carbocycles. The van der Waals surface area contributed by atoms with Crippen molar-refractivity contribution in [2.75, 3.05) is 0 Å². The van der Waals surface area contributed by atoms with E-state index in [9.17, 15) is 5.26 Å². The molecule has 0 saturated heterocycles. The molecule has 65 heavy (non-hydrogen) atoms. The summed E-state index contributed by atoms with van der Waals surface area (Å²) in [6, 6.07) is 66.2. The van der Waals surface area contributed by atoms with Gasteiger partial charge in [-0.25, -0.2) is 15.0 Å². The van der Waals surface area contributed by atoms with Crippen molar-refractivity contribution in [3.63, 3.8) is 0 Å². The Bertz CT molecular complexity index is 3930. The van der Waals surface area contributed by atoms with Crippen LogP contribution in [0.1, 0.15) is 5.56 Å². The van der Waals surface area contributed by atoms with Gasteiger partial charge in [0.2, 0.25) is 0 Å². The van der Waals surface area contributed by atoms with E-state index in [1.54, 1.807) is 0 Å². The van der Waals surface area contributed by atoms with E-state index in [4.69, 9.17) is 38.5 Å². The Morgan fingerprint density at radius 2 is 0.969 bits per heavy atom. The van der Waals surface area contributed by atoms with Gasteiger partial charge >= 0.3 is 0 Å². The number of nitriles is 1. The third kappa shape index (κ3) is 6.02. The molecule has 0 aliphatic rings. The molecule has 6 radical (unpaired) electrons. The Morgan fingerprint density at radius 1 is 0.415 bits per heavy atom. The maximum atomic E-state index is 11.2. The highest BCUT2D eigenvalue weighted by molar-refractivity contribution is 6.56. The molecule has 12 aromatic rings. The summed E-state index contributed by atoms with van der Waals surface area (Å²) in [7, 11) is 21.7. The fourth-order valence-corrected chi connectivity index (χ4v) is 9.49. The summed E-state index contributed by atoms with van der Waals surface area (Å²) >= 11 is 0. The van der Waals surface area contributed by atoms with Crippen molar-refractivity contribution < 1.29 is 0 Å². The molecule has 0 aliphatic heterocycles. The second-order valence-corrected chi connectivity index (χ2v) is 16.2. The van der Waals surface area contributed by atoms with Gasteiger partial charge in [0, 0.05) is 43.9 Å². The standard InChI is InChI=1S/C56H31B3N6/c57-49-43(32-60)53(51(59)50(58)48(49)56-62-54(36-16-5-2-6-17-36)61-55(63-56)37-25-23-35(24-26-37)33-13-3-1-4-14-33)65-44-21-11-9-19-40(44)41-29-30-46-47(52(41)65)42-20-10-12-22-45(42)64(46)39-28-27-34-15-7-8-18-38(34)31-39/h1-31H. The van der Waals surface area contributed by atoms with Gasteiger partial charge in [0.1, 0.15) is 29.6 Å². The average molecular weight is 820 g/mol. The van der Waals surface area contributed by atoms with Crippen LogP contribution in [0.4, 0.5) is 0 Å². The first-order valence-electron chi connectivity index (χ1n) is 21.3. The molecular weight excluding hydrogens is 789 g/mol. The quantitative estimate of drug-likeness (QED) is 0.157. The number of hydrogen-bond acceptors (Lipinski definition) is 4. The Balaban J connectivity index is 1.11. The molecule has 9 heteroatoms. The summed E-state index contributed by atoms with van der Waals surface area (Å²) in [5.74, 6) is 1.04. The molecule has 0 saturated carbocycles. The molecule has 12 rings (SSSR count). The van der Waals surface area contributed by atoms with Crippen molar-refractivity contribution in [3.05, 3.63) is 194 Å². The zero-order valence-corrected chi connectivity index (χ0v) is 34.8. The van der Waals surface area contributed by atoms with Gasteiger partial charge in [-0.2, -0.15) is 5.26 Å². The van der Waals surface area contributed by atoms with E-state index in [-0.39, 0.29) is 33.3 Å². The Labute approximate surface area is 378 Å². The SMILES string of the molecule is [B]c1c([B])c(-n2c3ccccc3c3ccc4c(c5ccccc5n4-c4ccc5ccccc5c4)c32)c(C#N)c([B])c1-c1nc(-c2ccccc2)nc(-c2ccc(-c3ccccc3)cc2)n1. The lowest BCUT2D eigenvalue weighted by Crippen LogP contribution is -2.39. The highest BCUT2D eigenvalue weighted by Crippen LogP contribution is 2.42. The summed E-state index contributed by atoms with van der Waals surface area (Å²) in [6.45, 7) is 0. The van der Waals surface area contributed by atoms with Gasteiger partial charge in [0.05, 0.1) is 33.3 Å². The predicted octanol–water partition coefficient (Wildman–Crippen LogP) is 10.1. The zero-order valence-electron chi connectivity index (χ0n) is 34.8. The third-order valence-electron chi connectivity index (χ3n) is 12.5. The first-order chi connectivity index (χ1) is 32.0. The predicted molar refractivity (Wildman–Crippen MR) is 269 cm³/mol. The minimum atomic E-state index is 0.112. The van der Waals surface area contributed by atoms with E-state index < -0.39 is 0 Å². The van der Waals surface area contributed by atoms with E-state index in [0.717, 1.165) is 76.9 Å². The number of fused-ring (bicyclic) bond motifs is 8. The monoisotopic (exact) mass is 820 g/mol. The Kier molecular flexibility index (Phi) is 8.89. The highest BCUT2D eigenvalue weighted by atomic mass is 15.0. The minimum absolute atomic E-state index is 0.112. The van der Waals surface area contributed by atoms with Crippen LogP contribution >= 0.6 is 0 Å². The molecule has 3 heterocycles. The van der Waals surface area contributed by atoms with E-state index >= 15 is 0 Å². The van der Waals surface area contributed by atoms with Crippen LogP contribution in [0.25, 0.3) is 111 Å². The van der Waals surface area contributed by atoms with Crippen molar-refractivity contribution >= 4 is 94.3 Å². The minimum Gasteiger partial charge on any atom is -0.309 e. The Morgan fingerprint density at radius 3 is 1.68 bits per heavy atom. The van der Waals surface area contributed by atoms with Crippen LogP contribution in [0.5, 0.6) is 0 Å². The van der Waals surface area contributed by atoms with Crippen molar-refractivity contribution in [1.29, 1.82) is 5.26 Å². The third-order valence-corrected chi connectivity index (χ3v) is 12.5. The molecule has 0 unspecified atom stereocenters. The normalized spacial score (nSPS) is 11.6. The first kappa shape index (κ1) is 38.2. The maximum Gasteiger partial charge on any atom is 0.164 e. The first-order valence-corrected chi connectivity index (χ1v) is 21.3. The summed E-state index contributed by atoms with van der Waals surface area (Å²) in [6.07, 6.45) is 0. The zero-order chi connectivity index (χ0) is 43.8. The van der Waals surface area contributed by atoms with Crippen LogP contribution < -0.4 is 16.4 Å². The number of nitrogens with zero attached hydrogens (tertiary/aromatic N) is 6. The number of aromatic nitrogens is 5. The number of para-hydroxylation sites is 2. The lowest BCUT2D eigenvalue weighted by molar-refractivity contribution is 1.08. The highest BCUT2D eigenvalue weighted by Gasteiger charge is 2.27. The molecular formula is C56H31B3N6. The molecule has 0 N–H and O–H groups in total. The van der Waals surface area contributed by atoms with Crippen LogP contribution in [0.3, 0.4) is 0 Å². The fraction of sp³-hybridized carbons (Fsp3) is 0. The van der Waals surface area contributed by atoms with Crippen molar-refractivity contribution in [2.45, 2.75) is 0 Å². The number of hydrogen-bond donors (Lipinski definition) is 0. The molecule has 0 spiro atoms. The average Bonchev–Trinajstić information content (AvgIpc) is 3.88. The van der Waals surface area contributed by atoms with Gasteiger partial charge in [-0.15, -0.1) is 0 Å². The van der Waals surface area contributed by atoms with Crippen LogP contribution in [-0.2, 0) is 0 Å². The van der Waals surface area contributed by atoms with Crippen molar-refractivity contribution in [2.24, 2.45) is 0 Å². The molecule has 0 amide bonds. The smallest absolute Gasteiger partial charge is 0.164 e. The second-order valence-electron chi connectivity index (χ2n) is 16.2. The largest absolute Gasteiger partial charge is 0.309 e. The molecule has 0 bridgehead atoms. The topological polar surface area (TPSA) is 72.3 Å². The lowest BCUT2D eigenvalue weighted by atomic mass is 9.69. The van der Waals surface area contributed by atoms with Gasteiger partial charge < -0.3 is 9.13 Å².